The average Bonchev–Trinajstić information content (AvgIpc) is 3.57. The third-order valence-corrected chi connectivity index (χ3v) is 8.13. The fourth-order valence-electron chi connectivity index (χ4n) is 6.81. The van der Waals surface area contributed by atoms with Gasteiger partial charge in [0.2, 0.25) is 5.91 Å². The van der Waals surface area contributed by atoms with E-state index in [-0.39, 0.29) is 11.6 Å². The van der Waals surface area contributed by atoms with Crippen LogP contribution in [0.25, 0.3) is 0 Å². The van der Waals surface area contributed by atoms with Gasteiger partial charge in [-0.15, -0.1) is 0 Å². The molecule has 6 rings (SSSR count). The summed E-state index contributed by atoms with van der Waals surface area (Å²) in [5.74, 6) is 1.94. The smallest absolute Gasteiger partial charge is 0.247 e. The van der Waals surface area contributed by atoms with E-state index < -0.39 is 0 Å². The van der Waals surface area contributed by atoms with Crippen LogP contribution in [0.2, 0.25) is 0 Å². The Morgan fingerprint density at radius 1 is 1.13 bits per heavy atom. The zero-order valence-electron chi connectivity index (χ0n) is 18.0. The molecule has 0 radical (unpaired) electrons. The molecule has 0 aliphatic carbocycles. The fourth-order valence-corrected chi connectivity index (χ4v) is 6.81. The maximum atomic E-state index is 13.9. The van der Waals surface area contributed by atoms with Crippen LogP contribution >= 0.6 is 0 Å². The summed E-state index contributed by atoms with van der Waals surface area (Å²) in [5, 5.41) is 0. The van der Waals surface area contributed by atoms with E-state index in [9.17, 15) is 4.79 Å². The van der Waals surface area contributed by atoms with Crippen molar-refractivity contribution in [1.82, 2.24) is 15.8 Å². The van der Waals surface area contributed by atoms with Gasteiger partial charge in [0.1, 0.15) is 11.3 Å². The van der Waals surface area contributed by atoms with Crippen molar-refractivity contribution in [2.75, 3.05) is 31.6 Å². The first-order valence-electron chi connectivity index (χ1n) is 11.5. The number of carbonyl (C=O) groups is 1. The summed E-state index contributed by atoms with van der Waals surface area (Å²) in [6, 6.07) is 19.4. The molecular formula is C25H30N4O2. The lowest BCUT2D eigenvalue weighted by atomic mass is 9.83. The van der Waals surface area contributed by atoms with E-state index in [1.807, 2.05) is 29.2 Å². The lowest BCUT2D eigenvalue weighted by molar-refractivity contribution is -0.126. The van der Waals surface area contributed by atoms with Gasteiger partial charge in [-0.3, -0.25) is 15.1 Å². The molecule has 2 aromatic carbocycles. The van der Waals surface area contributed by atoms with Gasteiger partial charge in [-0.05, 0) is 43.5 Å². The topological polar surface area (TPSA) is 56.8 Å². The van der Waals surface area contributed by atoms with Crippen LogP contribution in [0.3, 0.4) is 0 Å². The highest BCUT2D eigenvalue weighted by Crippen LogP contribution is 2.54. The number of hydrogen-bond acceptors (Lipinski definition) is 5. The fraction of sp³-hybridized carbons (Fsp3) is 0.480. The normalized spacial score (nSPS) is 34.9. The third kappa shape index (κ3) is 2.78. The van der Waals surface area contributed by atoms with Crippen molar-refractivity contribution in [3.05, 3.63) is 60.2 Å². The standard InChI is InChI=1S/C25H30N4O2/c1-31-20-10-5-9-19(14-20)28-16-18-13-22(29-12-6-11-25(18,29)24(28)30)21-15-26-27-23(21)17-7-3-2-4-8-17/h2-5,7-10,14,18,21-23,26-27H,6,11-13,15-16H2,1H3/t18-,21?,22-,23?,25-/m0/s1. The number of carbonyl (C=O) groups excluding carboxylic acids is 1. The van der Waals surface area contributed by atoms with Crippen molar-refractivity contribution >= 4 is 11.6 Å². The van der Waals surface area contributed by atoms with Gasteiger partial charge in [0, 0.05) is 42.7 Å². The number of nitrogens with zero attached hydrogens (tertiary/aromatic N) is 2. The summed E-state index contributed by atoms with van der Waals surface area (Å²) < 4.78 is 5.40. The van der Waals surface area contributed by atoms with E-state index in [0.717, 1.165) is 50.3 Å². The molecule has 31 heavy (non-hydrogen) atoms. The zero-order chi connectivity index (χ0) is 21.0. The lowest BCUT2D eigenvalue weighted by Gasteiger charge is -2.37. The van der Waals surface area contributed by atoms with Gasteiger partial charge in [0.15, 0.2) is 0 Å². The molecule has 0 bridgehead atoms. The molecule has 162 valence electrons. The average molecular weight is 419 g/mol. The van der Waals surface area contributed by atoms with Crippen LogP contribution in [0, 0.1) is 11.8 Å². The van der Waals surface area contributed by atoms with Crippen molar-refractivity contribution < 1.29 is 9.53 Å². The van der Waals surface area contributed by atoms with E-state index in [4.69, 9.17) is 4.74 Å². The van der Waals surface area contributed by atoms with Gasteiger partial charge in [-0.25, -0.2) is 5.43 Å². The third-order valence-electron chi connectivity index (χ3n) is 8.13. The molecule has 0 saturated carbocycles. The minimum atomic E-state index is -0.322. The number of anilines is 1. The lowest BCUT2D eigenvalue weighted by Crippen LogP contribution is -2.53. The molecule has 0 aromatic heterocycles. The quantitative estimate of drug-likeness (QED) is 0.800. The SMILES string of the molecule is COc1cccc(N2C[C@@H]3C[C@@H](C4CNNC4c4ccccc4)N4CCC[C@@]34C2=O)c1. The van der Waals surface area contributed by atoms with Crippen LogP contribution in [-0.4, -0.2) is 49.1 Å². The minimum Gasteiger partial charge on any atom is -0.497 e. The van der Waals surface area contributed by atoms with Gasteiger partial charge in [0.25, 0.3) is 0 Å². The maximum Gasteiger partial charge on any atom is 0.247 e. The van der Waals surface area contributed by atoms with Crippen molar-refractivity contribution in [1.29, 1.82) is 0 Å². The number of hydrazine groups is 1. The molecule has 1 spiro atoms. The van der Waals surface area contributed by atoms with Gasteiger partial charge in [-0.2, -0.15) is 0 Å². The Hall–Kier alpha value is -2.41. The first-order valence-corrected chi connectivity index (χ1v) is 11.5. The largest absolute Gasteiger partial charge is 0.497 e. The van der Waals surface area contributed by atoms with E-state index in [0.29, 0.717) is 23.8 Å². The second kappa shape index (κ2) is 7.33. The Labute approximate surface area is 183 Å². The van der Waals surface area contributed by atoms with Gasteiger partial charge < -0.3 is 9.64 Å². The summed E-state index contributed by atoms with van der Waals surface area (Å²) in [5.41, 5.74) is 8.89. The van der Waals surface area contributed by atoms with E-state index in [1.54, 1.807) is 7.11 Å². The number of ether oxygens (including phenoxy) is 1. The number of hydrogen-bond donors (Lipinski definition) is 2. The van der Waals surface area contributed by atoms with Crippen molar-refractivity contribution in [2.45, 2.75) is 36.9 Å². The summed E-state index contributed by atoms with van der Waals surface area (Å²) in [6.45, 7) is 2.77. The van der Waals surface area contributed by atoms with Crippen molar-refractivity contribution in [3.8, 4) is 5.75 Å². The molecule has 5 atom stereocenters. The highest BCUT2D eigenvalue weighted by molar-refractivity contribution is 6.04. The highest BCUT2D eigenvalue weighted by Gasteiger charge is 2.66. The molecule has 2 N–H and O–H groups in total. The van der Waals surface area contributed by atoms with Gasteiger partial charge >= 0.3 is 0 Å². The Balaban J connectivity index is 1.30. The molecular weight excluding hydrogens is 388 g/mol. The predicted molar refractivity (Wildman–Crippen MR) is 120 cm³/mol. The summed E-state index contributed by atoms with van der Waals surface area (Å²) in [4.78, 5) is 18.5. The second-order valence-corrected chi connectivity index (χ2v) is 9.42. The van der Waals surface area contributed by atoms with E-state index >= 15 is 0 Å². The van der Waals surface area contributed by atoms with E-state index in [1.165, 1.54) is 5.56 Å². The van der Waals surface area contributed by atoms with Gasteiger partial charge in [-0.1, -0.05) is 36.4 Å². The van der Waals surface area contributed by atoms with Crippen LogP contribution in [0.4, 0.5) is 5.69 Å². The number of rotatable bonds is 4. The van der Waals surface area contributed by atoms with Crippen LogP contribution in [0.1, 0.15) is 30.9 Å². The molecule has 4 aliphatic heterocycles. The number of benzene rings is 2. The molecule has 1 amide bonds. The molecule has 4 heterocycles. The van der Waals surface area contributed by atoms with Crippen molar-refractivity contribution in [3.63, 3.8) is 0 Å². The Kier molecular flexibility index (Phi) is 4.56. The van der Waals surface area contributed by atoms with Crippen LogP contribution in [-0.2, 0) is 4.79 Å². The molecule has 6 heteroatoms. The molecule has 2 aromatic rings. The maximum absolute atomic E-state index is 13.9. The number of amides is 1. The second-order valence-electron chi connectivity index (χ2n) is 9.42. The van der Waals surface area contributed by atoms with E-state index in [2.05, 4.69) is 46.1 Å². The Bertz CT molecular complexity index is 982. The predicted octanol–water partition coefficient (Wildman–Crippen LogP) is 2.73. The molecule has 6 nitrogen and oxygen atoms in total. The van der Waals surface area contributed by atoms with Crippen LogP contribution in [0.5, 0.6) is 5.75 Å². The summed E-state index contributed by atoms with van der Waals surface area (Å²) in [6.07, 6.45) is 3.18. The summed E-state index contributed by atoms with van der Waals surface area (Å²) >= 11 is 0. The molecule has 4 aliphatic rings. The molecule has 4 fully saturated rings. The molecule has 4 saturated heterocycles. The molecule has 2 unspecified atom stereocenters. The van der Waals surface area contributed by atoms with Crippen molar-refractivity contribution in [2.24, 2.45) is 11.8 Å². The monoisotopic (exact) mass is 418 g/mol. The zero-order valence-corrected chi connectivity index (χ0v) is 18.0. The van der Waals surface area contributed by atoms with Crippen LogP contribution < -0.4 is 20.5 Å². The van der Waals surface area contributed by atoms with Crippen LogP contribution in [0.15, 0.2) is 54.6 Å². The Morgan fingerprint density at radius 3 is 2.84 bits per heavy atom. The number of methoxy groups -OCH3 is 1. The minimum absolute atomic E-state index is 0.285. The highest BCUT2D eigenvalue weighted by atomic mass is 16.5. The van der Waals surface area contributed by atoms with Gasteiger partial charge in [0.05, 0.1) is 13.2 Å². The number of nitrogens with one attached hydrogen (secondary N) is 2. The first-order chi connectivity index (χ1) is 15.2. The first kappa shape index (κ1) is 19.3. The summed E-state index contributed by atoms with van der Waals surface area (Å²) in [7, 11) is 1.68. The Morgan fingerprint density at radius 2 is 2.00 bits per heavy atom.